The van der Waals surface area contributed by atoms with Gasteiger partial charge in [0.2, 0.25) is 0 Å². The van der Waals surface area contributed by atoms with Crippen LogP contribution in [0.25, 0.3) is 44.5 Å². The molecule has 6 aromatic rings. The Balaban J connectivity index is 0.000000280. The Kier molecular flexibility index (Phi) is 15.6. The molecule has 0 heterocycles. The van der Waals surface area contributed by atoms with Crippen molar-refractivity contribution >= 4 is 46.5 Å². The lowest BCUT2D eigenvalue weighted by Gasteiger charge is -2.14. The molecule has 15 nitrogen and oxygen atoms in total. The van der Waals surface area contributed by atoms with Gasteiger partial charge in [0.1, 0.15) is 0 Å². The highest BCUT2D eigenvalue weighted by Gasteiger charge is 2.40. The van der Waals surface area contributed by atoms with Crippen LogP contribution in [0.1, 0.15) is 20.7 Å². The molecule has 0 spiro atoms. The van der Waals surface area contributed by atoms with Crippen molar-refractivity contribution in [2.75, 3.05) is 24.9 Å². The summed E-state index contributed by atoms with van der Waals surface area (Å²) >= 11 is 0. The minimum Gasteiger partial charge on any atom is -0.465 e. The third kappa shape index (κ3) is 11.9. The highest BCUT2D eigenvalue weighted by Crippen LogP contribution is 2.38. The van der Waals surface area contributed by atoms with E-state index in [4.69, 9.17) is 9.47 Å². The third-order valence-corrected chi connectivity index (χ3v) is 9.03. The van der Waals surface area contributed by atoms with E-state index in [0.29, 0.717) is 11.1 Å². The number of methoxy groups -OCH3 is 2. The number of hydrogen-bond donors (Lipinski definition) is 2. The molecule has 0 atom stereocenters. The average molecular weight is 907 g/mol. The molecule has 0 unspecified atom stereocenters. The Morgan fingerprint density at radius 2 is 0.754 bits per heavy atom. The summed E-state index contributed by atoms with van der Waals surface area (Å²) < 4.78 is 85.9. The van der Waals surface area contributed by atoms with Gasteiger partial charge in [-0.15, -0.1) is 0 Å². The van der Waals surface area contributed by atoms with Crippen molar-refractivity contribution in [1.82, 2.24) is 0 Å². The fraction of sp³-hybridized carbons (Fsp3) is 0.0909. The third-order valence-electron chi connectivity index (χ3n) is 9.03. The molecule has 336 valence electrons. The predicted octanol–water partition coefficient (Wildman–Crippen LogP) is 9.61. The molecule has 6 aromatic carbocycles. The first-order valence-corrected chi connectivity index (χ1v) is 18.1. The first-order valence-electron chi connectivity index (χ1n) is 18.1. The number of benzene rings is 6. The van der Waals surface area contributed by atoms with E-state index in [9.17, 15) is 65.7 Å². The second kappa shape index (κ2) is 20.6. The van der Waals surface area contributed by atoms with Gasteiger partial charge in [0.15, 0.2) is 0 Å². The SMILES string of the molecule is COC(=O)c1ccccc1-c1cc(-c2ccccc2NC(=O)C(F)(F)F)cc([N+](=O)[O-])c1.COC(=O)c1ccccc1-c1cc(-c2ccccc2NC(=O)C(F)(F)F)cc([N+](=O)[O-])c1.O. The van der Waals surface area contributed by atoms with Gasteiger partial charge in [-0.1, -0.05) is 72.8 Å². The van der Waals surface area contributed by atoms with E-state index in [1.165, 1.54) is 111 Å². The number of nitro benzene ring substituents is 2. The number of nitrogens with one attached hydrogen (secondary N) is 2. The molecule has 0 aliphatic heterocycles. The molecule has 0 saturated heterocycles. The summed E-state index contributed by atoms with van der Waals surface area (Å²) in [6, 6.07) is 31.5. The van der Waals surface area contributed by atoms with Crippen LogP contribution in [0, 0.1) is 20.2 Å². The number of amides is 2. The average Bonchev–Trinajstić information content (AvgIpc) is 3.28. The maximum atomic E-state index is 12.7. The fourth-order valence-corrected chi connectivity index (χ4v) is 6.17. The number of non-ortho nitro benzene ring substituents is 2. The molecule has 65 heavy (non-hydrogen) atoms. The predicted molar refractivity (Wildman–Crippen MR) is 224 cm³/mol. The quantitative estimate of drug-likeness (QED) is 0.0572. The number of nitrogens with zero attached hydrogens (tertiary/aromatic N) is 2. The van der Waals surface area contributed by atoms with E-state index < -0.39 is 46.0 Å². The molecule has 6 rings (SSSR count). The zero-order valence-electron chi connectivity index (χ0n) is 33.4. The molecule has 0 saturated carbocycles. The van der Waals surface area contributed by atoms with Gasteiger partial charge in [-0.05, 0) is 69.8 Å². The second-order valence-corrected chi connectivity index (χ2v) is 13.1. The number of nitro groups is 2. The number of halogens is 6. The second-order valence-electron chi connectivity index (χ2n) is 13.1. The molecule has 0 bridgehead atoms. The van der Waals surface area contributed by atoms with Crippen LogP contribution >= 0.6 is 0 Å². The number of anilines is 2. The minimum atomic E-state index is -5.11. The topological polar surface area (TPSA) is 229 Å². The molecule has 4 N–H and O–H groups in total. The van der Waals surface area contributed by atoms with E-state index in [2.05, 4.69) is 0 Å². The largest absolute Gasteiger partial charge is 0.471 e. The Hall–Kier alpha value is -8.46. The Labute approximate surface area is 362 Å². The first-order chi connectivity index (χ1) is 30.2. The van der Waals surface area contributed by atoms with Crippen LogP contribution in [0.5, 0.6) is 0 Å². The van der Waals surface area contributed by atoms with Gasteiger partial charge in [0, 0.05) is 46.8 Å². The van der Waals surface area contributed by atoms with E-state index in [1.54, 1.807) is 47.0 Å². The number of alkyl halides is 6. The summed E-state index contributed by atoms with van der Waals surface area (Å²) in [5.74, 6) is -5.67. The number of para-hydroxylation sites is 2. The number of rotatable bonds is 10. The molecular weight excluding hydrogens is 874 g/mol. The van der Waals surface area contributed by atoms with Crippen molar-refractivity contribution in [3.05, 3.63) is 165 Å². The van der Waals surface area contributed by atoms with Crippen molar-refractivity contribution in [1.29, 1.82) is 0 Å². The highest BCUT2D eigenvalue weighted by molar-refractivity contribution is 6.02. The van der Waals surface area contributed by atoms with E-state index in [-0.39, 0.29) is 72.7 Å². The zero-order valence-corrected chi connectivity index (χ0v) is 33.4. The summed E-state index contributed by atoms with van der Waals surface area (Å²) in [7, 11) is 2.38. The van der Waals surface area contributed by atoms with Gasteiger partial charge in [0.05, 0.1) is 35.2 Å². The number of hydrogen-bond acceptors (Lipinski definition) is 10. The standard InChI is InChI=1S/2C22H15F3N2O5.H2O/c2*1-32-20(28)18-8-3-2-6-16(18)13-10-14(12-15(11-13)27(30)31)17-7-4-5-9-19(17)26-21(29)22(23,24)25;/h2*2-12H,1H3,(H,26,29);1H2. The summed E-state index contributed by atoms with van der Waals surface area (Å²) in [4.78, 5) is 68.9. The van der Waals surface area contributed by atoms with Gasteiger partial charge in [-0.25, -0.2) is 9.59 Å². The van der Waals surface area contributed by atoms with Crippen molar-refractivity contribution < 1.29 is 70.3 Å². The van der Waals surface area contributed by atoms with Gasteiger partial charge in [0.25, 0.3) is 11.4 Å². The van der Waals surface area contributed by atoms with Crippen LogP contribution < -0.4 is 10.6 Å². The number of ether oxygens (including phenoxy) is 2. The van der Waals surface area contributed by atoms with Crippen molar-refractivity contribution in [3.63, 3.8) is 0 Å². The number of carbonyl (C=O) groups excluding carboxylic acids is 4. The molecule has 0 aliphatic carbocycles. The zero-order chi connectivity index (χ0) is 46.9. The monoisotopic (exact) mass is 906 g/mol. The van der Waals surface area contributed by atoms with Crippen LogP contribution in [0.4, 0.5) is 49.1 Å². The Bertz CT molecular complexity index is 2610. The van der Waals surface area contributed by atoms with E-state index in [0.717, 1.165) is 0 Å². The smallest absolute Gasteiger partial charge is 0.465 e. The molecule has 0 radical (unpaired) electrons. The highest BCUT2D eigenvalue weighted by atomic mass is 19.4. The molecule has 21 heteroatoms. The van der Waals surface area contributed by atoms with Gasteiger partial charge < -0.3 is 25.6 Å². The van der Waals surface area contributed by atoms with Crippen molar-refractivity contribution in [2.45, 2.75) is 12.4 Å². The van der Waals surface area contributed by atoms with Crippen LogP contribution in [0.3, 0.4) is 0 Å². The van der Waals surface area contributed by atoms with Crippen LogP contribution in [0.15, 0.2) is 133 Å². The van der Waals surface area contributed by atoms with Crippen molar-refractivity contribution in [3.8, 4) is 44.5 Å². The molecule has 0 aliphatic rings. The molecule has 2 amide bonds. The number of esters is 2. The number of carbonyl (C=O) groups is 4. The van der Waals surface area contributed by atoms with Crippen LogP contribution in [-0.4, -0.2) is 65.6 Å². The van der Waals surface area contributed by atoms with Gasteiger partial charge >= 0.3 is 36.1 Å². The van der Waals surface area contributed by atoms with Crippen LogP contribution in [-0.2, 0) is 19.1 Å². The van der Waals surface area contributed by atoms with Crippen LogP contribution in [0.2, 0.25) is 0 Å². The lowest BCUT2D eigenvalue weighted by Crippen LogP contribution is -2.30. The van der Waals surface area contributed by atoms with E-state index in [1.807, 2.05) is 0 Å². The normalized spacial score (nSPS) is 10.8. The summed E-state index contributed by atoms with van der Waals surface area (Å²) in [6.07, 6.45) is -10.2. The van der Waals surface area contributed by atoms with Crippen molar-refractivity contribution in [2.24, 2.45) is 0 Å². The molecule has 0 fully saturated rings. The van der Waals surface area contributed by atoms with E-state index >= 15 is 0 Å². The Morgan fingerprint density at radius 1 is 0.477 bits per heavy atom. The summed E-state index contributed by atoms with van der Waals surface area (Å²) in [6.45, 7) is 0. The fourth-order valence-electron chi connectivity index (χ4n) is 6.17. The first kappa shape index (κ1) is 49.2. The minimum absolute atomic E-state index is 0. The van der Waals surface area contributed by atoms with Gasteiger partial charge in [-0.2, -0.15) is 26.3 Å². The Morgan fingerprint density at radius 3 is 1.05 bits per heavy atom. The summed E-state index contributed by atoms with van der Waals surface area (Å²) in [5.41, 5.74) is 1.06. The summed E-state index contributed by atoms with van der Waals surface area (Å²) in [5, 5.41) is 26.6. The maximum Gasteiger partial charge on any atom is 0.471 e. The molecule has 0 aromatic heterocycles. The lowest BCUT2D eigenvalue weighted by atomic mass is 9.94. The lowest BCUT2D eigenvalue weighted by molar-refractivity contribution is -0.384. The maximum absolute atomic E-state index is 12.7. The van der Waals surface area contributed by atoms with Gasteiger partial charge in [-0.3, -0.25) is 29.8 Å². The molecular formula is C44H32F6N4O11.